The van der Waals surface area contributed by atoms with Crippen LogP contribution in [0, 0.1) is 0 Å². The summed E-state index contributed by atoms with van der Waals surface area (Å²) in [7, 11) is 0. The third-order valence-corrected chi connectivity index (χ3v) is 3.96. The average Bonchev–Trinajstić information content (AvgIpc) is 2.48. The SMILES string of the molecule is C[C@@H](N)c1ccc(Oc2ccc3c(c2)CCCC3)cc1. The van der Waals surface area contributed by atoms with Crippen molar-refractivity contribution in [3.8, 4) is 11.5 Å². The van der Waals surface area contributed by atoms with Crippen molar-refractivity contribution >= 4 is 0 Å². The highest BCUT2D eigenvalue weighted by atomic mass is 16.5. The molecule has 2 N–H and O–H groups in total. The summed E-state index contributed by atoms with van der Waals surface area (Å²) in [6, 6.07) is 14.6. The predicted octanol–water partition coefficient (Wildman–Crippen LogP) is 4.38. The lowest BCUT2D eigenvalue weighted by atomic mass is 9.92. The topological polar surface area (TPSA) is 35.2 Å². The van der Waals surface area contributed by atoms with E-state index in [0.717, 1.165) is 17.1 Å². The molecular weight excluding hydrogens is 246 g/mol. The van der Waals surface area contributed by atoms with E-state index in [9.17, 15) is 0 Å². The first-order valence-electron chi connectivity index (χ1n) is 7.37. The second kappa shape index (κ2) is 5.68. The Labute approximate surface area is 120 Å². The molecule has 0 radical (unpaired) electrons. The molecule has 2 nitrogen and oxygen atoms in total. The van der Waals surface area contributed by atoms with Crippen LogP contribution in [0.1, 0.15) is 42.5 Å². The Balaban J connectivity index is 1.77. The number of hydrogen-bond acceptors (Lipinski definition) is 2. The standard InChI is InChI=1S/C18H21NO/c1-13(19)14-6-9-17(10-7-14)20-18-11-8-15-4-2-3-5-16(15)12-18/h6-13H,2-5,19H2,1H3/t13-/m1/s1. The molecule has 0 heterocycles. The minimum absolute atomic E-state index is 0.0628. The third kappa shape index (κ3) is 2.86. The van der Waals surface area contributed by atoms with Gasteiger partial charge in [-0.1, -0.05) is 18.2 Å². The molecule has 3 rings (SSSR count). The number of nitrogens with two attached hydrogens (primary N) is 1. The van der Waals surface area contributed by atoms with Gasteiger partial charge in [0.15, 0.2) is 0 Å². The van der Waals surface area contributed by atoms with Gasteiger partial charge in [0.05, 0.1) is 0 Å². The lowest BCUT2D eigenvalue weighted by Gasteiger charge is -2.17. The molecule has 0 bridgehead atoms. The first-order valence-corrected chi connectivity index (χ1v) is 7.37. The van der Waals surface area contributed by atoms with E-state index in [2.05, 4.69) is 18.2 Å². The van der Waals surface area contributed by atoms with Gasteiger partial charge in [0.2, 0.25) is 0 Å². The summed E-state index contributed by atoms with van der Waals surface area (Å²) in [5, 5.41) is 0. The van der Waals surface area contributed by atoms with Crippen LogP contribution in [-0.4, -0.2) is 0 Å². The zero-order chi connectivity index (χ0) is 13.9. The molecular formula is C18H21NO. The summed E-state index contributed by atoms with van der Waals surface area (Å²) in [4.78, 5) is 0. The van der Waals surface area contributed by atoms with E-state index in [1.165, 1.54) is 36.8 Å². The van der Waals surface area contributed by atoms with Gasteiger partial charge >= 0.3 is 0 Å². The van der Waals surface area contributed by atoms with Gasteiger partial charge in [-0.2, -0.15) is 0 Å². The molecule has 0 aliphatic heterocycles. The van der Waals surface area contributed by atoms with Crippen LogP contribution in [0.25, 0.3) is 0 Å². The van der Waals surface area contributed by atoms with Gasteiger partial charge < -0.3 is 10.5 Å². The normalized spacial score (nSPS) is 15.5. The van der Waals surface area contributed by atoms with Crippen LogP contribution in [0.3, 0.4) is 0 Å². The molecule has 0 saturated heterocycles. The van der Waals surface area contributed by atoms with Gasteiger partial charge in [0.25, 0.3) is 0 Å². The molecule has 20 heavy (non-hydrogen) atoms. The monoisotopic (exact) mass is 267 g/mol. The number of rotatable bonds is 3. The van der Waals surface area contributed by atoms with E-state index in [1.807, 2.05) is 31.2 Å². The van der Waals surface area contributed by atoms with Gasteiger partial charge in [0.1, 0.15) is 11.5 Å². The molecule has 0 aromatic heterocycles. The minimum atomic E-state index is 0.0628. The molecule has 0 amide bonds. The van der Waals surface area contributed by atoms with Gasteiger partial charge in [-0.25, -0.2) is 0 Å². The summed E-state index contributed by atoms with van der Waals surface area (Å²) in [5.74, 6) is 1.80. The molecule has 0 spiro atoms. The number of aryl methyl sites for hydroxylation is 2. The highest BCUT2D eigenvalue weighted by Crippen LogP contribution is 2.28. The summed E-state index contributed by atoms with van der Waals surface area (Å²) < 4.78 is 5.94. The van der Waals surface area contributed by atoms with E-state index in [1.54, 1.807) is 0 Å². The minimum Gasteiger partial charge on any atom is -0.457 e. The maximum absolute atomic E-state index is 5.94. The maximum atomic E-state index is 5.94. The Morgan fingerprint density at radius 1 is 0.900 bits per heavy atom. The van der Waals surface area contributed by atoms with Crippen LogP contribution in [0.15, 0.2) is 42.5 Å². The van der Waals surface area contributed by atoms with E-state index in [4.69, 9.17) is 10.5 Å². The molecule has 2 aromatic rings. The van der Waals surface area contributed by atoms with Gasteiger partial charge in [-0.3, -0.25) is 0 Å². The molecule has 2 heteroatoms. The summed E-state index contributed by atoms with van der Waals surface area (Å²) >= 11 is 0. The van der Waals surface area contributed by atoms with Gasteiger partial charge in [-0.05, 0) is 73.6 Å². The molecule has 0 unspecified atom stereocenters. The first kappa shape index (κ1) is 13.2. The smallest absolute Gasteiger partial charge is 0.127 e. The Morgan fingerprint density at radius 2 is 1.55 bits per heavy atom. The van der Waals surface area contributed by atoms with E-state index in [0.29, 0.717) is 0 Å². The molecule has 0 saturated carbocycles. The highest BCUT2D eigenvalue weighted by molar-refractivity contribution is 5.40. The second-order valence-corrected chi connectivity index (χ2v) is 5.60. The first-order chi connectivity index (χ1) is 9.72. The zero-order valence-electron chi connectivity index (χ0n) is 11.9. The van der Waals surface area contributed by atoms with Crippen LogP contribution in [0.5, 0.6) is 11.5 Å². The summed E-state index contributed by atoms with van der Waals surface area (Å²) in [6.07, 6.45) is 4.99. The largest absolute Gasteiger partial charge is 0.457 e. The number of benzene rings is 2. The predicted molar refractivity (Wildman–Crippen MR) is 82.2 cm³/mol. The summed E-state index contributed by atoms with van der Waals surface area (Å²) in [5.41, 5.74) is 9.91. The lowest BCUT2D eigenvalue weighted by Crippen LogP contribution is -2.04. The third-order valence-electron chi connectivity index (χ3n) is 3.96. The number of hydrogen-bond donors (Lipinski definition) is 1. The molecule has 2 aromatic carbocycles. The quantitative estimate of drug-likeness (QED) is 0.895. The van der Waals surface area contributed by atoms with Crippen molar-refractivity contribution < 1.29 is 4.74 Å². The summed E-state index contributed by atoms with van der Waals surface area (Å²) in [6.45, 7) is 1.99. The molecule has 1 atom stereocenters. The fraction of sp³-hybridized carbons (Fsp3) is 0.333. The van der Waals surface area contributed by atoms with Crippen molar-refractivity contribution in [1.82, 2.24) is 0 Å². The number of fused-ring (bicyclic) bond motifs is 1. The number of ether oxygens (including phenoxy) is 1. The van der Waals surface area contributed by atoms with Crippen LogP contribution in [0.2, 0.25) is 0 Å². The van der Waals surface area contributed by atoms with E-state index >= 15 is 0 Å². The Bertz CT molecular complexity index is 587. The maximum Gasteiger partial charge on any atom is 0.127 e. The van der Waals surface area contributed by atoms with Gasteiger partial charge in [0, 0.05) is 6.04 Å². The van der Waals surface area contributed by atoms with Crippen molar-refractivity contribution in [2.45, 2.75) is 38.6 Å². The van der Waals surface area contributed by atoms with Crippen molar-refractivity contribution in [3.05, 3.63) is 59.2 Å². The van der Waals surface area contributed by atoms with Crippen molar-refractivity contribution in [3.63, 3.8) is 0 Å². The molecule has 104 valence electrons. The zero-order valence-corrected chi connectivity index (χ0v) is 11.9. The molecule has 0 fully saturated rings. The second-order valence-electron chi connectivity index (χ2n) is 5.60. The Kier molecular flexibility index (Phi) is 3.75. The Morgan fingerprint density at radius 3 is 2.25 bits per heavy atom. The Hall–Kier alpha value is -1.80. The van der Waals surface area contributed by atoms with Crippen LogP contribution in [-0.2, 0) is 12.8 Å². The van der Waals surface area contributed by atoms with Crippen molar-refractivity contribution in [2.75, 3.05) is 0 Å². The van der Waals surface area contributed by atoms with E-state index < -0.39 is 0 Å². The van der Waals surface area contributed by atoms with Crippen LogP contribution < -0.4 is 10.5 Å². The van der Waals surface area contributed by atoms with Gasteiger partial charge in [-0.15, -0.1) is 0 Å². The van der Waals surface area contributed by atoms with Crippen molar-refractivity contribution in [1.29, 1.82) is 0 Å². The molecule has 1 aliphatic rings. The van der Waals surface area contributed by atoms with Crippen molar-refractivity contribution in [2.24, 2.45) is 5.73 Å². The average molecular weight is 267 g/mol. The molecule has 1 aliphatic carbocycles. The highest BCUT2D eigenvalue weighted by Gasteiger charge is 2.10. The van der Waals surface area contributed by atoms with Crippen LogP contribution >= 0.6 is 0 Å². The van der Waals surface area contributed by atoms with E-state index in [-0.39, 0.29) is 6.04 Å². The lowest BCUT2D eigenvalue weighted by molar-refractivity contribution is 0.480. The van der Waals surface area contributed by atoms with Crippen LogP contribution in [0.4, 0.5) is 0 Å². The fourth-order valence-corrected chi connectivity index (χ4v) is 2.75. The fourth-order valence-electron chi connectivity index (χ4n) is 2.75.